The normalized spacial score (nSPS) is 16.6. The number of benzene rings is 4. The lowest BCUT2D eigenvalue weighted by Crippen LogP contribution is -2.46. The van der Waals surface area contributed by atoms with E-state index in [0.29, 0.717) is 46.3 Å². The number of carbonyl (C=O) groups excluding carboxylic acids is 1. The number of fused-ring (bicyclic) bond motifs is 2. The fraction of sp³-hybridized carbons (Fsp3) is 0.405. The summed E-state index contributed by atoms with van der Waals surface area (Å²) in [6.45, 7) is 19.0. The van der Waals surface area contributed by atoms with Crippen molar-refractivity contribution in [2.45, 2.75) is 86.0 Å². The minimum absolute atomic E-state index is 0.115. The van der Waals surface area contributed by atoms with Crippen LogP contribution < -0.4 is 24.4 Å². The number of anilines is 2. The predicted molar refractivity (Wildman–Crippen MR) is 207 cm³/mol. The molecule has 2 aliphatic heterocycles. The van der Waals surface area contributed by atoms with E-state index in [1.165, 1.54) is 5.56 Å². The van der Waals surface area contributed by atoms with Crippen LogP contribution in [0, 0.1) is 11.8 Å². The van der Waals surface area contributed by atoms with E-state index in [4.69, 9.17) is 37.4 Å². The van der Waals surface area contributed by atoms with Crippen molar-refractivity contribution in [2.75, 3.05) is 23.3 Å². The van der Waals surface area contributed by atoms with E-state index < -0.39 is 0 Å². The molecule has 0 radical (unpaired) electrons. The van der Waals surface area contributed by atoms with Crippen molar-refractivity contribution in [1.29, 1.82) is 0 Å². The Balaban J connectivity index is 0.000000253. The Kier molecular flexibility index (Phi) is 12.3. The quantitative estimate of drug-likeness (QED) is 0.197. The first kappa shape index (κ1) is 37.4. The van der Waals surface area contributed by atoms with E-state index in [-0.39, 0.29) is 30.0 Å². The number of ether oxygens (including phenoxy) is 3. The number of halogens is 2. The molecule has 0 saturated carbocycles. The third-order valence-corrected chi connectivity index (χ3v) is 9.76. The highest BCUT2D eigenvalue weighted by Crippen LogP contribution is 2.43. The Hall–Kier alpha value is -3.87. The molecular weight excluding hydrogens is 667 g/mol. The summed E-state index contributed by atoms with van der Waals surface area (Å²) in [4.78, 5) is 15.5. The molecular formula is C42H50Cl2N2O4. The van der Waals surface area contributed by atoms with Crippen molar-refractivity contribution in [1.82, 2.24) is 0 Å². The molecule has 2 aliphatic rings. The standard InChI is InChI=1S/C28H29Cl2NO3.C14H21NO/c1-17(2)21-11-8-12-24-26(21)34-25(18(3)4)15-31(24)28(32)20-13-22(29)27(23(30)14-20)33-16-19-9-6-5-7-10-19;1-9(2)11-6-5-7-12-14(11)16-13(8-15-12)10(3)4/h5-14,17-18,25H,15-16H2,1-4H3;5-7,9-10,13,15H,8H2,1-4H3. The molecule has 0 spiro atoms. The number of hydrogen-bond acceptors (Lipinski definition) is 5. The number of para-hydroxylation sites is 2. The molecule has 6 rings (SSSR count). The van der Waals surface area contributed by atoms with Gasteiger partial charge < -0.3 is 24.4 Å². The van der Waals surface area contributed by atoms with Crippen molar-refractivity contribution >= 4 is 40.5 Å². The van der Waals surface area contributed by atoms with Crippen molar-refractivity contribution in [3.8, 4) is 17.2 Å². The zero-order chi connectivity index (χ0) is 36.1. The molecule has 6 nitrogen and oxygen atoms in total. The van der Waals surface area contributed by atoms with E-state index in [1.54, 1.807) is 17.0 Å². The first-order valence-electron chi connectivity index (χ1n) is 17.7. The highest BCUT2D eigenvalue weighted by Gasteiger charge is 2.34. The number of rotatable bonds is 8. The van der Waals surface area contributed by atoms with Crippen molar-refractivity contribution in [3.63, 3.8) is 0 Å². The van der Waals surface area contributed by atoms with Crippen LogP contribution in [0.25, 0.3) is 0 Å². The van der Waals surface area contributed by atoms with Gasteiger partial charge in [-0.25, -0.2) is 0 Å². The molecule has 1 N–H and O–H groups in total. The molecule has 4 aromatic rings. The minimum Gasteiger partial charge on any atom is -0.486 e. The van der Waals surface area contributed by atoms with Crippen LogP contribution in [0.3, 0.4) is 0 Å². The average molecular weight is 718 g/mol. The average Bonchev–Trinajstić information content (AvgIpc) is 3.10. The fourth-order valence-corrected chi connectivity index (χ4v) is 6.70. The van der Waals surface area contributed by atoms with E-state index >= 15 is 0 Å². The number of hydrogen-bond donors (Lipinski definition) is 1. The maximum Gasteiger partial charge on any atom is 0.258 e. The van der Waals surface area contributed by atoms with E-state index in [1.807, 2.05) is 42.5 Å². The lowest BCUT2D eigenvalue weighted by molar-refractivity contribution is 0.0927. The molecule has 0 fully saturated rings. The summed E-state index contributed by atoms with van der Waals surface area (Å²) in [7, 11) is 0. The zero-order valence-corrected chi connectivity index (χ0v) is 31.9. The smallest absolute Gasteiger partial charge is 0.258 e. The van der Waals surface area contributed by atoms with Crippen LogP contribution in [0.5, 0.6) is 17.2 Å². The Morgan fingerprint density at radius 1 is 0.780 bits per heavy atom. The number of carbonyl (C=O) groups is 1. The van der Waals surface area contributed by atoms with Crippen LogP contribution >= 0.6 is 23.2 Å². The van der Waals surface area contributed by atoms with Gasteiger partial charge >= 0.3 is 0 Å². The molecule has 2 heterocycles. The molecule has 1 amide bonds. The number of nitrogens with one attached hydrogen (secondary N) is 1. The van der Waals surface area contributed by atoms with Gasteiger partial charge in [-0.2, -0.15) is 0 Å². The van der Waals surface area contributed by atoms with Gasteiger partial charge in [0.25, 0.3) is 5.91 Å². The summed E-state index contributed by atoms with van der Waals surface area (Å²) in [5.41, 5.74) is 5.71. The molecule has 4 aromatic carbocycles. The molecule has 0 bridgehead atoms. The lowest BCUT2D eigenvalue weighted by atomic mass is 9.97. The molecule has 50 heavy (non-hydrogen) atoms. The maximum atomic E-state index is 13.7. The molecule has 2 atom stereocenters. The number of amides is 1. The van der Waals surface area contributed by atoms with Crippen molar-refractivity contribution < 1.29 is 19.0 Å². The summed E-state index contributed by atoms with van der Waals surface area (Å²) in [5.74, 6) is 3.58. The summed E-state index contributed by atoms with van der Waals surface area (Å²) >= 11 is 13.1. The van der Waals surface area contributed by atoms with Gasteiger partial charge in [-0.3, -0.25) is 4.79 Å². The van der Waals surface area contributed by atoms with Gasteiger partial charge in [0.05, 0.1) is 34.5 Å². The second kappa shape index (κ2) is 16.4. The van der Waals surface area contributed by atoms with Gasteiger partial charge in [0.15, 0.2) is 5.75 Å². The lowest BCUT2D eigenvalue weighted by Gasteiger charge is -2.38. The molecule has 8 heteroatoms. The van der Waals surface area contributed by atoms with Crippen molar-refractivity contribution in [3.05, 3.63) is 111 Å². The summed E-state index contributed by atoms with van der Waals surface area (Å²) in [6, 6.07) is 25.3. The van der Waals surface area contributed by atoms with Gasteiger partial charge in [-0.15, -0.1) is 0 Å². The predicted octanol–water partition coefficient (Wildman–Crippen LogP) is 11.4. The SMILES string of the molecule is CC(C)c1cccc2c1OC(C(C)C)CN2.CC(C)c1cccc2c1OC(C(C)C)CN2C(=O)c1cc(Cl)c(OCc2ccccc2)c(Cl)c1. The van der Waals surface area contributed by atoms with Crippen LogP contribution in [-0.2, 0) is 6.61 Å². The first-order valence-corrected chi connectivity index (χ1v) is 18.4. The van der Waals surface area contributed by atoms with Gasteiger partial charge in [0, 0.05) is 5.56 Å². The van der Waals surface area contributed by atoms with E-state index in [2.05, 4.69) is 85.0 Å². The maximum absolute atomic E-state index is 13.7. The van der Waals surface area contributed by atoms with Gasteiger partial charge in [-0.05, 0) is 64.6 Å². The summed E-state index contributed by atoms with van der Waals surface area (Å²) < 4.78 is 18.4. The van der Waals surface area contributed by atoms with Crippen molar-refractivity contribution in [2.24, 2.45) is 11.8 Å². The second-order valence-corrected chi connectivity index (χ2v) is 15.2. The van der Waals surface area contributed by atoms with E-state index in [0.717, 1.165) is 40.5 Å². The molecule has 2 unspecified atom stereocenters. The summed E-state index contributed by atoms with van der Waals surface area (Å²) in [5, 5.41) is 4.07. The van der Waals surface area contributed by atoms with E-state index in [9.17, 15) is 4.79 Å². The third-order valence-electron chi connectivity index (χ3n) is 9.20. The van der Waals surface area contributed by atoms with Gasteiger partial charge in [0.1, 0.15) is 30.3 Å². The fourth-order valence-electron chi connectivity index (χ4n) is 6.11. The van der Waals surface area contributed by atoms with Crippen LogP contribution in [0.1, 0.15) is 94.3 Å². The number of nitrogens with zero attached hydrogens (tertiary/aromatic N) is 1. The Morgan fingerprint density at radius 3 is 1.96 bits per heavy atom. The third kappa shape index (κ3) is 8.52. The largest absolute Gasteiger partial charge is 0.486 e. The Labute approximate surface area is 308 Å². The zero-order valence-electron chi connectivity index (χ0n) is 30.4. The summed E-state index contributed by atoms with van der Waals surface area (Å²) in [6.07, 6.45) is 0.170. The highest BCUT2D eigenvalue weighted by molar-refractivity contribution is 6.38. The van der Waals surface area contributed by atoms with Crippen LogP contribution in [0.2, 0.25) is 10.0 Å². The molecule has 0 aliphatic carbocycles. The van der Waals surface area contributed by atoms with Crippen LogP contribution in [0.15, 0.2) is 78.9 Å². The Bertz CT molecular complexity index is 1750. The molecule has 0 aromatic heterocycles. The monoisotopic (exact) mass is 716 g/mol. The van der Waals surface area contributed by atoms with Gasteiger partial charge in [0.2, 0.25) is 0 Å². The van der Waals surface area contributed by atoms with Crippen LogP contribution in [-0.4, -0.2) is 31.2 Å². The Morgan fingerprint density at radius 2 is 1.36 bits per heavy atom. The topological polar surface area (TPSA) is 60.0 Å². The second-order valence-electron chi connectivity index (χ2n) is 14.4. The highest BCUT2D eigenvalue weighted by atomic mass is 35.5. The van der Waals surface area contributed by atoms with Crippen LogP contribution in [0.4, 0.5) is 11.4 Å². The van der Waals surface area contributed by atoms with Gasteiger partial charge in [-0.1, -0.05) is 133 Å². The molecule has 266 valence electrons. The molecule has 0 saturated heterocycles. The minimum atomic E-state index is -0.172. The first-order chi connectivity index (χ1) is 23.8.